The van der Waals surface area contributed by atoms with Gasteiger partial charge in [-0.3, -0.25) is 4.79 Å². The molecule has 0 saturated heterocycles. The molecule has 1 aromatic carbocycles. The van der Waals surface area contributed by atoms with Crippen molar-refractivity contribution >= 4 is 5.91 Å². The Morgan fingerprint density at radius 2 is 2.00 bits per heavy atom. The summed E-state index contributed by atoms with van der Waals surface area (Å²) >= 11 is 0. The first kappa shape index (κ1) is 15.6. The van der Waals surface area contributed by atoms with Crippen LogP contribution in [-0.4, -0.2) is 5.91 Å². The van der Waals surface area contributed by atoms with E-state index in [1.165, 1.54) is 5.56 Å². The minimum atomic E-state index is -0.518. The van der Waals surface area contributed by atoms with Crippen LogP contribution in [0.3, 0.4) is 0 Å². The number of rotatable bonds is 4. The number of nitrogens with zero attached hydrogens (tertiary/aromatic N) is 1. The molecule has 1 aromatic rings. The Bertz CT molecular complexity index is 529. The number of carbonyl (C=O) groups excluding carboxylic acids is 1. The molecule has 1 saturated carbocycles. The molecular formula is C18H24N2O. The maximum absolute atomic E-state index is 12.4. The fourth-order valence-corrected chi connectivity index (χ4v) is 3.26. The standard InChI is InChI=1S/C18H24N2O/c1-12-7-9-15(10-8-12)14(3)20-18(21)17(11-19)16-6-4-5-13(16)2/h7-10,13-14,16-17H,4-6H2,1-3H3,(H,20,21). The Kier molecular flexibility index (Phi) is 5.01. The van der Waals surface area contributed by atoms with Crippen molar-refractivity contribution in [2.45, 2.75) is 46.1 Å². The number of benzene rings is 1. The van der Waals surface area contributed by atoms with Gasteiger partial charge in [0.15, 0.2) is 0 Å². The highest BCUT2D eigenvalue weighted by molar-refractivity contribution is 5.81. The lowest BCUT2D eigenvalue weighted by Crippen LogP contribution is -2.36. The van der Waals surface area contributed by atoms with Crippen LogP contribution in [0.2, 0.25) is 0 Å². The van der Waals surface area contributed by atoms with E-state index in [9.17, 15) is 10.1 Å². The average molecular weight is 284 g/mol. The summed E-state index contributed by atoms with van der Waals surface area (Å²) in [4.78, 5) is 12.4. The normalized spacial score (nSPS) is 24.1. The van der Waals surface area contributed by atoms with Gasteiger partial charge in [-0.15, -0.1) is 0 Å². The molecule has 0 bridgehead atoms. The van der Waals surface area contributed by atoms with E-state index in [4.69, 9.17) is 0 Å². The summed E-state index contributed by atoms with van der Waals surface area (Å²) in [5.41, 5.74) is 2.28. The van der Waals surface area contributed by atoms with Crippen molar-refractivity contribution in [1.29, 1.82) is 5.26 Å². The van der Waals surface area contributed by atoms with Crippen LogP contribution >= 0.6 is 0 Å². The predicted octanol–water partition coefficient (Wildman–Crippen LogP) is 3.75. The first-order valence-corrected chi connectivity index (χ1v) is 7.79. The van der Waals surface area contributed by atoms with Gasteiger partial charge in [-0.25, -0.2) is 0 Å². The summed E-state index contributed by atoms with van der Waals surface area (Å²) in [7, 11) is 0. The fourth-order valence-electron chi connectivity index (χ4n) is 3.26. The minimum absolute atomic E-state index is 0.0642. The first-order chi connectivity index (χ1) is 10.0. The van der Waals surface area contributed by atoms with Crippen LogP contribution in [0.5, 0.6) is 0 Å². The van der Waals surface area contributed by atoms with Crippen molar-refractivity contribution in [3.05, 3.63) is 35.4 Å². The third-order valence-electron chi connectivity index (χ3n) is 4.71. The largest absolute Gasteiger partial charge is 0.348 e. The smallest absolute Gasteiger partial charge is 0.238 e. The quantitative estimate of drug-likeness (QED) is 0.915. The summed E-state index contributed by atoms with van der Waals surface area (Å²) in [6.07, 6.45) is 3.25. The highest BCUT2D eigenvalue weighted by Crippen LogP contribution is 2.36. The molecule has 0 spiro atoms. The van der Waals surface area contributed by atoms with Gasteiger partial charge in [-0.1, -0.05) is 49.6 Å². The molecule has 0 aromatic heterocycles. The molecule has 1 N–H and O–H groups in total. The number of nitrogens with one attached hydrogen (secondary N) is 1. The molecule has 1 aliphatic rings. The maximum Gasteiger partial charge on any atom is 0.238 e. The first-order valence-electron chi connectivity index (χ1n) is 7.79. The summed E-state index contributed by atoms with van der Waals surface area (Å²) in [5.74, 6) is 0.0371. The van der Waals surface area contributed by atoms with Crippen molar-refractivity contribution < 1.29 is 4.79 Å². The summed E-state index contributed by atoms with van der Waals surface area (Å²) in [6, 6.07) is 10.3. The topological polar surface area (TPSA) is 52.9 Å². The van der Waals surface area contributed by atoms with Crippen molar-refractivity contribution in [2.75, 3.05) is 0 Å². The van der Waals surface area contributed by atoms with Gasteiger partial charge in [0.2, 0.25) is 5.91 Å². The van der Waals surface area contributed by atoms with Crippen LogP contribution in [-0.2, 0) is 4.79 Å². The third-order valence-corrected chi connectivity index (χ3v) is 4.71. The summed E-state index contributed by atoms with van der Waals surface area (Å²) in [5, 5.41) is 12.4. The molecule has 1 aliphatic carbocycles. The van der Waals surface area contributed by atoms with Crippen LogP contribution in [0, 0.1) is 36.0 Å². The SMILES string of the molecule is Cc1ccc(C(C)NC(=O)C(C#N)C2CCCC2C)cc1. The second-order valence-corrected chi connectivity index (χ2v) is 6.32. The van der Waals surface area contributed by atoms with Crippen molar-refractivity contribution in [2.24, 2.45) is 17.8 Å². The molecule has 3 nitrogen and oxygen atoms in total. The van der Waals surface area contributed by atoms with Crippen LogP contribution in [0.1, 0.15) is 50.3 Å². The van der Waals surface area contributed by atoms with Gasteiger partial charge in [0.05, 0.1) is 12.1 Å². The Morgan fingerprint density at radius 3 is 2.52 bits per heavy atom. The molecule has 1 fully saturated rings. The van der Waals surface area contributed by atoms with Gasteiger partial charge in [-0.05, 0) is 37.7 Å². The molecule has 0 heterocycles. The lowest BCUT2D eigenvalue weighted by Gasteiger charge is -2.23. The zero-order valence-corrected chi connectivity index (χ0v) is 13.1. The number of amides is 1. The van der Waals surface area contributed by atoms with Gasteiger partial charge in [0, 0.05) is 0 Å². The second-order valence-electron chi connectivity index (χ2n) is 6.32. The van der Waals surface area contributed by atoms with Crippen molar-refractivity contribution in [3.8, 4) is 6.07 Å². The Balaban J connectivity index is 2.02. The molecule has 4 unspecified atom stereocenters. The maximum atomic E-state index is 12.4. The molecule has 0 aliphatic heterocycles. The number of hydrogen-bond acceptors (Lipinski definition) is 2. The van der Waals surface area contributed by atoms with Crippen LogP contribution in [0.4, 0.5) is 0 Å². The van der Waals surface area contributed by atoms with Crippen LogP contribution in [0.15, 0.2) is 24.3 Å². The monoisotopic (exact) mass is 284 g/mol. The number of aryl methyl sites for hydroxylation is 1. The lowest BCUT2D eigenvalue weighted by molar-refractivity contribution is -0.125. The van der Waals surface area contributed by atoms with E-state index < -0.39 is 5.92 Å². The van der Waals surface area contributed by atoms with E-state index in [-0.39, 0.29) is 17.9 Å². The predicted molar refractivity (Wildman–Crippen MR) is 83.3 cm³/mol. The number of hydrogen-bond donors (Lipinski definition) is 1. The highest BCUT2D eigenvalue weighted by Gasteiger charge is 2.35. The van der Waals surface area contributed by atoms with Crippen molar-refractivity contribution in [1.82, 2.24) is 5.32 Å². The fraction of sp³-hybridized carbons (Fsp3) is 0.556. The molecule has 0 radical (unpaired) electrons. The van der Waals surface area contributed by atoms with Gasteiger partial charge >= 0.3 is 0 Å². The van der Waals surface area contributed by atoms with E-state index >= 15 is 0 Å². The van der Waals surface area contributed by atoms with Gasteiger partial charge in [0.25, 0.3) is 0 Å². The van der Waals surface area contributed by atoms with Gasteiger partial charge in [0.1, 0.15) is 5.92 Å². The molecule has 112 valence electrons. The molecule has 3 heteroatoms. The van der Waals surface area contributed by atoms with E-state index in [1.54, 1.807) is 0 Å². The minimum Gasteiger partial charge on any atom is -0.348 e. The van der Waals surface area contributed by atoms with E-state index in [1.807, 2.05) is 38.1 Å². The molecule has 2 rings (SSSR count). The number of nitriles is 1. The van der Waals surface area contributed by atoms with E-state index in [2.05, 4.69) is 18.3 Å². The van der Waals surface area contributed by atoms with E-state index in [0.29, 0.717) is 5.92 Å². The molecule has 21 heavy (non-hydrogen) atoms. The zero-order valence-electron chi connectivity index (χ0n) is 13.1. The average Bonchev–Trinajstić information content (AvgIpc) is 2.86. The highest BCUT2D eigenvalue weighted by atomic mass is 16.1. The number of carbonyl (C=O) groups is 1. The van der Waals surface area contributed by atoms with Gasteiger partial charge < -0.3 is 5.32 Å². The Hall–Kier alpha value is -1.82. The van der Waals surface area contributed by atoms with Crippen molar-refractivity contribution in [3.63, 3.8) is 0 Å². The third kappa shape index (κ3) is 3.64. The van der Waals surface area contributed by atoms with Crippen LogP contribution in [0.25, 0.3) is 0 Å². The van der Waals surface area contributed by atoms with Gasteiger partial charge in [-0.2, -0.15) is 5.26 Å². The zero-order chi connectivity index (χ0) is 15.4. The van der Waals surface area contributed by atoms with Crippen LogP contribution < -0.4 is 5.32 Å². The Labute approximate surface area is 127 Å². The lowest BCUT2D eigenvalue weighted by atomic mass is 9.85. The summed E-state index contributed by atoms with van der Waals surface area (Å²) < 4.78 is 0. The second kappa shape index (κ2) is 6.76. The molecule has 1 amide bonds. The van der Waals surface area contributed by atoms with E-state index in [0.717, 1.165) is 24.8 Å². The molecular weight excluding hydrogens is 260 g/mol. The molecule has 4 atom stereocenters. The Morgan fingerprint density at radius 1 is 1.33 bits per heavy atom. The summed E-state index contributed by atoms with van der Waals surface area (Å²) in [6.45, 7) is 6.16.